The highest BCUT2D eigenvalue weighted by Gasteiger charge is 2.21. The van der Waals surface area contributed by atoms with E-state index in [0.29, 0.717) is 15.7 Å². The Kier molecular flexibility index (Phi) is 4.60. The van der Waals surface area contributed by atoms with Gasteiger partial charge in [-0.15, -0.1) is 0 Å². The Morgan fingerprint density at radius 2 is 1.76 bits per heavy atom. The zero-order valence-corrected chi connectivity index (χ0v) is 11.5. The number of thioether (sulfide) groups is 1. The molecule has 17 heavy (non-hydrogen) atoms. The number of nitrogens with one attached hydrogen (secondary N) is 1. The Hall–Kier alpha value is -0.380. The van der Waals surface area contributed by atoms with Crippen LogP contribution in [0.25, 0.3) is 0 Å². The third-order valence-corrected chi connectivity index (χ3v) is 4.21. The van der Waals surface area contributed by atoms with Crippen LogP contribution in [0.2, 0.25) is 10.0 Å². The van der Waals surface area contributed by atoms with Gasteiger partial charge in [0.1, 0.15) is 0 Å². The van der Waals surface area contributed by atoms with Crippen molar-refractivity contribution in [1.29, 1.82) is 0 Å². The van der Waals surface area contributed by atoms with Gasteiger partial charge >= 0.3 is 0 Å². The highest BCUT2D eigenvalue weighted by atomic mass is 35.5. The Balaban J connectivity index is 2.01. The average molecular weight is 290 g/mol. The molecule has 1 amide bonds. The number of benzene rings is 1. The summed E-state index contributed by atoms with van der Waals surface area (Å²) in [7, 11) is 0. The van der Waals surface area contributed by atoms with E-state index in [1.54, 1.807) is 18.2 Å². The lowest BCUT2D eigenvalue weighted by Gasteiger charge is -2.20. The fraction of sp³-hybridized carbons (Fsp3) is 0.417. The predicted octanol–water partition coefficient (Wildman–Crippen LogP) is 4.08. The van der Waals surface area contributed by atoms with E-state index in [9.17, 15) is 4.79 Å². The summed E-state index contributed by atoms with van der Waals surface area (Å²) in [5.74, 6) is 2.32. The molecule has 92 valence electrons. The third-order valence-electron chi connectivity index (χ3n) is 2.72. The van der Waals surface area contributed by atoms with Crippen LogP contribution in [0, 0.1) is 5.92 Å². The SMILES string of the molecule is O=C(Nc1cc(Cl)cc(Cl)c1)C1CCSCC1. The van der Waals surface area contributed by atoms with Gasteiger partial charge in [0.25, 0.3) is 0 Å². The predicted molar refractivity (Wildman–Crippen MR) is 75.1 cm³/mol. The summed E-state index contributed by atoms with van der Waals surface area (Å²) in [6.07, 6.45) is 1.90. The van der Waals surface area contributed by atoms with E-state index in [2.05, 4.69) is 5.32 Å². The molecule has 0 radical (unpaired) electrons. The van der Waals surface area contributed by atoms with Gasteiger partial charge in [-0.2, -0.15) is 11.8 Å². The summed E-state index contributed by atoms with van der Waals surface area (Å²) in [5.41, 5.74) is 0.672. The average Bonchev–Trinajstić information content (AvgIpc) is 2.28. The minimum atomic E-state index is 0.0728. The molecule has 1 aromatic rings. The second-order valence-corrected chi connectivity index (χ2v) is 6.13. The maximum atomic E-state index is 12.0. The minimum absolute atomic E-state index is 0.0728. The van der Waals surface area contributed by atoms with Gasteiger partial charge in [-0.1, -0.05) is 23.2 Å². The quantitative estimate of drug-likeness (QED) is 0.889. The van der Waals surface area contributed by atoms with Gasteiger partial charge < -0.3 is 5.32 Å². The van der Waals surface area contributed by atoms with Gasteiger partial charge in [-0.3, -0.25) is 4.79 Å². The number of hydrogen-bond donors (Lipinski definition) is 1. The Morgan fingerprint density at radius 3 is 2.35 bits per heavy atom. The van der Waals surface area contributed by atoms with Crippen molar-refractivity contribution in [3.63, 3.8) is 0 Å². The highest BCUT2D eigenvalue weighted by Crippen LogP contribution is 2.26. The lowest BCUT2D eigenvalue weighted by Crippen LogP contribution is -2.26. The van der Waals surface area contributed by atoms with Crippen LogP contribution in [-0.2, 0) is 4.79 Å². The standard InChI is InChI=1S/C12H13Cl2NOS/c13-9-5-10(14)7-11(6-9)15-12(16)8-1-3-17-4-2-8/h5-8H,1-4H2,(H,15,16). The number of carbonyl (C=O) groups is 1. The molecule has 2 nitrogen and oxygen atoms in total. The molecule has 1 N–H and O–H groups in total. The number of anilines is 1. The van der Waals surface area contributed by atoms with Crippen molar-refractivity contribution in [2.45, 2.75) is 12.8 Å². The van der Waals surface area contributed by atoms with Crippen LogP contribution in [0.1, 0.15) is 12.8 Å². The maximum absolute atomic E-state index is 12.0. The largest absolute Gasteiger partial charge is 0.326 e. The topological polar surface area (TPSA) is 29.1 Å². The van der Waals surface area contributed by atoms with E-state index in [1.807, 2.05) is 11.8 Å². The maximum Gasteiger partial charge on any atom is 0.227 e. The first-order chi connectivity index (χ1) is 8.15. The van der Waals surface area contributed by atoms with Crippen molar-refractivity contribution < 1.29 is 4.79 Å². The van der Waals surface area contributed by atoms with Crippen LogP contribution in [0.3, 0.4) is 0 Å². The smallest absolute Gasteiger partial charge is 0.227 e. The molecule has 0 aliphatic carbocycles. The van der Waals surface area contributed by atoms with Crippen LogP contribution in [-0.4, -0.2) is 17.4 Å². The molecule has 1 fully saturated rings. The van der Waals surface area contributed by atoms with Crippen LogP contribution in [0.15, 0.2) is 18.2 Å². The summed E-state index contributed by atoms with van der Waals surface area (Å²) in [4.78, 5) is 12.0. The van der Waals surface area contributed by atoms with Crippen LogP contribution in [0.5, 0.6) is 0 Å². The van der Waals surface area contributed by atoms with E-state index in [4.69, 9.17) is 23.2 Å². The molecule has 1 aliphatic rings. The van der Waals surface area contributed by atoms with E-state index < -0.39 is 0 Å². The first-order valence-corrected chi connectivity index (χ1v) is 7.41. The summed E-state index contributed by atoms with van der Waals surface area (Å²) in [6.45, 7) is 0. The third kappa shape index (κ3) is 3.80. The number of hydrogen-bond acceptors (Lipinski definition) is 2. The minimum Gasteiger partial charge on any atom is -0.326 e. The summed E-state index contributed by atoms with van der Waals surface area (Å²) in [6, 6.07) is 5.07. The molecule has 0 atom stereocenters. The van der Waals surface area contributed by atoms with Gasteiger partial charge in [-0.25, -0.2) is 0 Å². The molecule has 0 spiro atoms. The van der Waals surface area contributed by atoms with E-state index in [0.717, 1.165) is 24.3 Å². The molecule has 2 rings (SSSR count). The molecule has 1 aliphatic heterocycles. The summed E-state index contributed by atoms with van der Waals surface area (Å²) >= 11 is 13.7. The van der Waals surface area contributed by atoms with Crippen molar-refractivity contribution in [3.05, 3.63) is 28.2 Å². The van der Waals surface area contributed by atoms with Crippen LogP contribution in [0.4, 0.5) is 5.69 Å². The molecule has 0 unspecified atom stereocenters. The number of halogens is 2. The molecular weight excluding hydrogens is 277 g/mol. The molecule has 5 heteroatoms. The fourth-order valence-corrected chi connectivity index (χ4v) is 3.46. The lowest BCUT2D eigenvalue weighted by molar-refractivity contribution is -0.120. The Labute approximate surface area is 115 Å². The summed E-state index contributed by atoms with van der Waals surface area (Å²) in [5, 5.41) is 3.94. The van der Waals surface area contributed by atoms with Gasteiger partial charge in [0, 0.05) is 21.7 Å². The van der Waals surface area contributed by atoms with E-state index in [1.165, 1.54) is 0 Å². The molecule has 0 bridgehead atoms. The van der Waals surface area contributed by atoms with Crippen LogP contribution < -0.4 is 5.32 Å². The first-order valence-electron chi connectivity index (χ1n) is 5.50. The fourth-order valence-electron chi connectivity index (χ4n) is 1.83. The van der Waals surface area contributed by atoms with Crippen molar-refractivity contribution in [3.8, 4) is 0 Å². The summed E-state index contributed by atoms with van der Waals surface area (Å²) < 4.78 is 0. The Bertz CT molecular complexity index is 399. The molecule has 0 aromatic heterocycles. The molecule has 1 saturated heterocycles. The number of amides is 1. The first kappa shape index (κ1) is 13.1. The number of carbonyl (C=O) groups excluding carboxylic acids is 1. The highest BCUT2D eigenvalue weighted by molar-refractivity contribution is 7.99. The van der Waals surface area contributed by atoms with Gasteiger partial charge in [0.05, 0.1) is 0 Å². The van der Waals surface area contributed by atoms with Crippen molar-refractivity contribution in [2.75, 3.05) is 16.8 Å². The van der Waals surface area contributed by atoms with Crippen molar-refractivity contribution >= 4 is 46.6 Å². The monoisotopic (exact) mass is 289 g/mol. The Morgan fingerprint density at radius 1 is 1.18 bits per heavy atom. The van der Waals surface area contributed by atoms with Crippen LogP contribution >= 0.6 is 35.0 Å². The lowest BCUT2D eigenvalue weighted by atomic mass is 10.0. The second-order valence-electron chi connectivity index (χ2n) is 4.03. The second kappa shape index (κ2) is 5.98. The zero-order valence-electron chi connectivity index (χ0n) is 9.21. The van der Waals surface area contributed by atoms with E-state index >= 15 is 0 Å². The van der Waals surface area contributed by atoms with Gasteiger partial charge in [0.15, 0.2) is 0 Å². The van der Waals surface area contributed by atoms with Crippen molar-refractivity contribution in [1.82, 2.24) is 0 Å². The van der Waals surface area contributed by atoms with Crippen molar-refractivity contribution in [2.24, 2.45) is 5.92 Å². The molecule has 0 saturated carbocycles. The molecular formula is C12H13Cl2NOS. The number of rotatable bonds is 2. The normalized spacial score (nSPS) is 16.8. The zero-order chi connectivity index (χ0) is 12.3. The van der Waals surface area contributed by atoms with Gasteiger partial charge in [-0.05, 0) is 42.5 Å². The molecule has 1 heterocycles. The molecule has 1 aromatic carbocycles. The van der Waals surface area contributed by atoms with Gasteiger partial charge in [0.2, 0.25) is 5.91 Å². The van der Waals surface area contributed by atoms with E-state index in [-0.39, 0.29) is 11.8 Å².